The first-order valence-corrected chi connectivity index (χ1v) is 28.8. The Morgan fingerprint density at radius 3 is 2.19 bits per heavy atom. The molecule has 5 N–H and O–H groups in total. The summed E-state index contributed by atoms with van der Waals surface area (Å²) in [6.45, 7) is 14.6. The van der Waals surface area contributed by atoms with Gasteiger partial charge in [0.1, 0.15) is 18.7 Å². The molecule has 0 spiro atoms. The van der Waals surface area contributed by atoms with Crippen LogP contribution in [0.4, 0.5) is 10.5 Å². The largest absolute Gasteiger partial charge is 0.391 e. The first-order chi connectivity index (χ1) is 37.9. The third kappa shape index (κ3) is 18.1. The van der Waals surface area contributed by atoms with Crippen molar-refractivity contribution in [3.05, 3.63) is 107 Å². The average molecular weight is 1130 g/mol. The molecule has 79 heavy (non-hydrogen) atoms. The summed E-state index contributed by atoms with van der Waals surface area (Å²) >= 11 is 1.57. The number of β-amino-alcohol motifs (C(OH)–C–C–N with tert-alkyl or cyclic N) is 1. The van der Waals surface area contributed by atoms with Gasteiger partial charge in [0.25, 0.3) is 0 Å². The summed E-state index contributed by atoms with van der Waals surface area (Å²) in [5.41, 5.74) is 6.14. The molecule has 4 atom stereocenters. The molecule has 0 unspecified atom stereocenters. The number of likely N-dealkylation sites (tertiary alicyclic amines) is 1. The molecule has 2 saturated heterocycles. The molecule has 5 heterocycles. The van der Waals surface area contributed by atoms with E-state index in [4.69, 9.17) is 18.9 Å². The number of aliphatic hydroxyl groups is 1. The lowest BCUT2D eigenvalue weighted by molar-refractivity contribution is -0.144. The van der Waals surface area contributed by atoms with Gasteiger partial charge in [-0.1, -0.05) is 56.3 Å². The fourth-order valence-corrected chi connectivity index (χ4v) is 11.2. The molecule has 2 aliphatic heterocycles. The zero-order valence-electron chi connectivity index (χ0n) is 45.5. The lowest BCUT2D eigenvalue weighted by atomic mass is 9.85. The number of aryl methyl sites for hydroxylation is 1. The highest BCUT2D eigenvalue weighted by Crippen LogP contribution is 2.30. The van der Waals surface area contributed by atoms with Crippen LogP contribution in [0.3, 0.4) is 0 Å². The van der Waals surface area contributed by atoms with E-state index in [9.17, 15) is 32.7 Å². The number of aromatic nitrogens is 5. The second kappa shape index (κ2) is 29.3. The lowest BCUT2D eigenvalue weighted by Gasteiger charge is -2.35. The molecule has 23 nitrogen and oxygen atoms in total. The Bertz CT molecular complexity index is 2840. The van der Waals surface area contributed by atoms with E-state index in [1.807, 2.05) is 76.7 Å². The van der Waals surface area contributed by atoms with Gasteiger partial charge in [-0.15, -0.1) is 16.4 Å². The molecule has 2 aromatic carbocycles. The molecule has 3 aromatic heterocycles. The van der Waals surface area contributed by atoms with Crippen molar-refractivity contribution in [1.82, 2.24) is 55.0 Å². The van der Waals surface area contributed by atoms with Crippen LogP contribution >= 0.6 is 11.3 Å². The maximum Gasteiger partial charge on any atom is 0.319 e. The number of rotatable bonds is 28. The number of anilines is 1. The van der Waals surface area contributed by atoms with E-state index < -0.39 is 51.5 Å². The number of hydrogen-bond acceptors (Lipinski definition) is 17. The monoisotopic (exact) mass is 1130 g/mol. The Hall–Kier alpha value is -6.29. The van der Waals surface area contributed by atoms with E-state index in [1.165, 1.54) is 21.3 Å². The standard InChI is InChI=1S/C54H74N12O11S2/c1-38(41-8-10-42(11-9-41)49-39(2)57-37-78-49)58-51(69)47-31-45(67)35-66(47)52(70)50(54(3,4)5)60-48(68)36-77-30-29-76-28-27-75-26-25-74-24-23-64-34-44(61-62-64)16-18-63-19-21-65(22-20-63)79(72,73)46-14-12-43(13-15-46)59-53(71)56-33-40-7-6-17-55-32-40/h6-15,17,32,34,37-38,45,47,50,67H,16,18-31,33,35-36H2,1-5H3,(H,58,69)(H,60,68)(H2,56,59,71)/t38-,45+,47-,50+/m0/s1. The summed E-state index contributed by atoms with van der Waals surface area (Å²) in [6, 6.07) is 15.0. The number of benzene rings is 2. The second-order valence-electron chi connectivity index (χ2n) is 20.4. The van der Waals surface area contributed by atoms with E-state index in [1.54, 1.807) is 46.6 Å². The molecule has 0 bridgehead atoms. The number of pyridine rings is 1. The van der Waals surface area contributed by atoms with Crippen LogP contribution in [-0.4, -0.2) is 187 Å². The normalized spacial score (nSPS) is 17.1. The number of carbonyl (C=O) groups is 4. The number of nitrogens with one attached hydrogen (secondary N) is 4. The van der Waals surface area contributed by atoms with Crippen molar-refractivity contribution in [1.29, 1.82) is 0 Å². The summed E-state index contributed by atoms with van der Waals surface area (Å²) in [5, 5.41) is 30.4. The highest BCUT2D eigenvalue weighted by Gasteiger charge is 2.45. The van der Waals surface area contributed by atoms with Crippen molar-refractivity contribution in [3.63, 3.8) is 0 Å². The number of urea groups is 1. The molecule has 2 fully saturated rings. The zero-order chi connectivity index (χ0) is 56.4. The van der Waals surface area contributed by atoms with Crippen molar-refractivity contribution in [2.45, 2.75) is 89.7 Å². The minimum Gasteiger partial charge on any atom is -0.391 e. The number of ether oxygens (including phenoxy) is 4. The van der Waals surface area contributed by atoms with Gasteiger partial charge in [0.05, 0.1) is 91.6 Å². The van der Waals surface area contributed by atoms with Gasteiger partial charge in [-0.25, -0.2) is 22.9 Å². The fraction of sp³-hybridized carbons (Fsp3) is 0.519. The van der Waals surface area contributed by atoms with Crippen LogP contribution in [0, 0.1) is 12.3 Å². The summed E-state index contributed by atoms with van der Waals surface area (Å²) in [4.78, 5) is 66.2. The Morgan fingerprint density at radius 2 is 1.54 bits per heavy atom. The van der Waals surface area contributed by atoms with Gasteiger partial charge in [-0.05, 0) is 66.3 Å². The van der Waals surface area contributed by atoms with Crippen LogP contribution in [0.2, 0.25) is 0 Å². The predicted molar refractivity (Wildman–Crippen MR) is 295 cm³/mol. The molecule has 2 aliphatic rings. The maximum absolute atomic E-state index is 14.0. The Labute approximate surface area is 465 Å². The number of hydrogen-bond donors (Lipinski definition) is 5. The van der Waals surface area contributed by atoms with Crippen LogP contribution in [0.5, 0.6) is 0 Å². The second-order valence-corrected chi connectivity index (χ2v) is 23.2. The van der Waals surface area contributed by atoms with E-state index in [-0.39, 0.29) is 49.6 Å². The summed E-state index contributed by atoms with van der Waals surface area (Å²) in [7, 11) is -3.70. The first kappa shape index (κ1) is 60.4. The summed E-state index contributed by atoms with van der Waals surface area (Å²) < 4.78 is 52.4. The molecule has 7 rings (SSSR count). The summed E-state index contributed by atoms with van der Waals surface area (Å²) in [6.07, 6.45) is 5.06. The van der Waals surface area contributed by atoms with E-state index in [0.717, 1.165) is 33.0 Å². The smallest absolute Gasteiger partial charge is 0.319 e. The number of piperazine rings is 1. The Morgan fingerprint density at radius 1 is 0.861 bits per heavy atom. The SMILES string of the molecule is Cc1ncsc1-c1ccc([C@H](C)NC(=O)[C@@H]2C[C@@H](O)CN2C(=O)[C@@H](NC(=O)COCCOCCOCCOCCn2cc(CCN3CCN(S(=O)(=O)c4ccc(NC(=O)NCc5cccnc5)cc4)CC3)nn2)C(C)(C)C)cc1. The van der Waals surface area contributed by atoms with Gasteiger partial charge < -0.3 is 55.1 Å². The number of nitrogens with zero attached hydrogens (tertiary/aromatic N) is 8. The third-order valence-corrected chi connectivity index (χ3v) is 16.3. The molecule has 5 aromatic rings. The molecule has 0 saturated carbocycles. The van der Waals surface area contributed by atoms with Gasteiger partial charge in [-0.3, -0.25) is 19.4 Å². The van der Waals surface area contributed by atoms with Gasteiger partial charge in [-0.2, -0.15) is 4.31 Å². The van der Waals surface area contributed by atoms with Crippen molar-refractivity contribution in [3.8, 4) is 10.4 Å². The van der Waals surface area contributed by atoms with Gasteiger partial charge in [0, 0.05) is 82.9 Å². The Kier molecular flexibility index (Phi) is 22.3. The first-order valence-electron chi connectivity index (χ1n) is 26.5. The number of thiazole rings is 1. The number of amides is 5. The molecule has 0 aliphatic carbocycles. The molecule has 428 valence electrons. The number of carbonyl (C=O) groups excluding carboxylic acids is 4. The third-order valence-electron chi connectivity index (χ3n) is 13.4. The van der Waals surface area contributed by atoms with E-state index in [2.05, 4.69) is 46.4 Å². The fourth-order valence-electron chi connectivity index (χ4n) is 8.95. The highest BCUT2D eigenvalue weighted by molar-refractivity contribution is 7.89. The quantitative estimate of drug-likeness (QED) is 0.0449. The number of sulfonamides is 1. The van der Waals surface area contributed by atoms with Gasteiger partial charge >= 0.3 is 6.03 Å². The number of aliphatic hydroxyl groups excluding tert-OH is 1. The van der Waals surface area contributed by atoms with Crippen molar-refractivity contribution >= 4 is 50.8 Å². The van der Waals surface area contributed by atoms with Crippen molar-refractivity contribution in [2.24, 2.45) is 5.41 Å². The van der Waals surface area contributed by atoms with Gasteiger partial charge in [0.15, 0.2) is 0 Å². The molecular weight excluding hydrogens is 1060 g/mol. The maximum atomic E-state index is 14.0. The van der Waals surface area contributed by atoms with E-state index >= 15 is 0 Å². The van der Waals surface area contributed by atoms with Crippen LogP contribution in [0.1, 0.15) is 62.7 Å². The minimum atomic E-state index is -3.70. The van der Waals surface area contributed by atoms with Crippen LogP contribution in [-0.2, 0) is 62.9 Å². The minimum absolute atomic E-state index is 0.0317. The van der Waals surface area contributed by atoms with E-state index in [0.29, 0.717) is 91.0 Å². The molecule has 25 heteroatoms. The summed E-state index contributed by atoms with van der Waals surface area (Å²) in [5.74, 6) is -1.34. The lowest BCUT2D eigenvalue weighted by Crippen LogP contribution is -2.58. The van der Waals surface area contributed by atoms with Crippen molar-refractivity contribution < 1.29 is 51.6 Å². The topological polar surface area (TPSA) is 274 Å². The molecule has 0 radical (unpaired) electrons. The zero-order valence-corrected chi connectivity index (χ0v) is 47.2. The Balaban J connectivity index is 0.694. The van der Waals surface area contributed by atoms with Gasteiger partial charge in [0.2, 0.25) is 27.7 Å². The molecule has 5 amide bonds. The average Bonchev–Trinajstić information content (AvgIpc) is 4.26. The van der Waals surface area contributed by atoms with Crippen LogP contribution < -0.4 is 21.3 Å². The van der Waals surface area contributed by atoms with Crippen LogP contribution in [0.15, 0.2) is 89.7 Å². The highest BCUT2D eigenvalue weighted by atomic mass is 32.2. The van der Waals surface area contributed by atoms with Crippen LogP contribution in [0.25, 0.3) is 10.4 Å². The predicted octanol–water partition coefficient (Wildman–Crippen LogP) is 3.41. The van der Waals surface area contributed by atoms with Crippen molar-refractivity contribution in [2.75, 3.05) is 97.4 Å². The molecular formula is C54H74N12O11S2.